The summed E-state index contributed by atoms with van der Waals surface area (Å²) in [5, 5.41) is 28.7. The van der Waals surface area contributed by atoms with Crippen LogP contribution in [0.25, 0.3) is 0 Å². The maximum atomic E-state index is 9.73. The lowest BCUT2D eigenvalue weighted by atomic mass is 9.88. The maximum absolute atomic E-state index is 9.73. The van der Waals surface area contributed by atoms with Crippen molar-refractivity contribution in [3.8, 4) is 0 Å². The van der Waals surface area contributed by atoms with E-state index >= 15 is 0 Å². The van der Waals surface area contributed by atoms with Crippen molar-refractivity contribution >= 4 is 0 Å². The van der Waals surface area contributed by atoms with Gasteiger partial charge in [-0.1, -0.05) is 0 Å². The first-order chi connectivity index (χ1) is 5.91. The lowest BCUT2D eigenvalue weighted by molar-refractivity contribution is -0.320. The highest BCUT2D eigenvalue weighted by molar-refractivity contribution is 4.96. The van der Waals surface area contributed by atoms with Gasteiger partial charge in [-0.25, -0.2) is 0 Å². The molecule has 1 rings (SSSR count). The van der Waals surface area contributed by atoms with Crippen LogP contribution in [0.4, 0.5) is 0 Å². The van der Waals surface area contributed by atoms with E-state index in [9.17, 15) is 15.3 Å². The molecule has 3 N–H and O–H groups in total. The predicted molar refractivity (Wildman–Crippen MR) is 44.0 cm³/mol. The number of aliphatic hydroxyl groups is 3. The van der Waals surface area contributed by atoms with E-state index in [1.54, 1.807) is 6.92 Å². The van der Waals surface area contributed by atoms with Crippen LogP contribution in [0, 0.1) is 0 Å². The van der Waals surface area contributed by atoms with Crippen LogP contribution in [0.1, 0.15) is 13.8 Å². The van der Waals surface area contributed by atoms with Crippen molar-refractivity contribution in [3.05, 3.63) is 0 Å². The minimum Gasteiger partial charge on any atom is -0.388 e. The molecule has 0 bridgehead atoms. The summed E-state index contributed by atoms with van der Waals surface area (Å²) in [6.07, 6.45) is -3.68. The summed E-state index contributed by atoms with van der Waals surface area (Å²) in [5.41, 5.74) is -1.58. The van der Waals surface area contributed by atoms with E-state index in [1.807, 2.05) is 0 Å². The summed E-state index contributed by atoms with van der Waals surface area (Å²) >= 11 is 0. The quantitative estimate of drug-likeness (QED) is 0.489. The number of rotatable bonds is 1. The van der Waals surface area contributed by atoms with Crippen molar-refractivity contribution in [2.45, 2.75) is 44.1 Å². The zero-order valence-corrected chi connectivity index (χ0v) is 7.97. The average Bonchev–Trinajstić information content (AvgIpc) is 2.02. The molecule has 0 radical (unpaired) electrons. The van der Waals surface area contributed by atoms with Crippen LogP contribution in [-0.2, 0) is 9.47 Å². The molecule has 1 saturated heterocycles. The molecular formula is C8H16O5. The van der Waals surface area contributed by atoms with Gasteiger partial charge in [-0.15, -0.1) is 0 Å². The van der Waals surface area contributed by atoms with Crippen LogP contribution in [0.15, 0.2) is 0 Å². The van der Waals surface area contributed by atoms with Gasteiger partial charge >= 0.3 is 0 Å². The summed E-state index contributed by atoms with van der Waals surface area (Å²) in [5.74, 6) is 0. The molecule has 0 spiro atoms. The molecule has 0 saturated carbocycles. The minimum absolute atomic E-state index is 0.555. The molecule has 1 aliphatic heterocycles. The highest BCUT2D eigenvalue weighted by Crippen LogP contribution is 2.29. The fourth-order valence-corrected chi connectivity index (χ4v) is 1.53. The topological polar surface area (TPSA) is 79.2 Å². The summed E-state index contributed by atoms with van der Waals surface area (Å²) < 4.78 is 9.84. The van der Waals surface area contributed by atoms with Gasteiger partial charge in [0.15, 0.2) is 6.29 Å². The molecule has 0 aromatic heterocycles. The largest absolute Gasteiger partial charge is 0.388 e. The zero-order valence-electron chi connectivity index (χ0n) is 7.97. The second-order valence-electron chi connectivity index (χ2n) is 3.57. The van der Waals surface area contributed by atoms with Crippen LogP contribution in [-0.4, -0.2) is 52.6 Å². The third-order valence-corrected chi connectivity index (χ3v) is 2.46. The van der Waals surface area contributed by atoms with Crippen molar-refractivity contribution in [3.63, 3.8) is 0 Å². The first-order valence-corrected chi connectivity index (χ1v) is 4.18. The van der Waals surface area contributed by atoms with Gasteiger partial charge in [0, 0.05) is 7.11 Å². The van der Waals surface area contributed by atoms with Crippen molar-refractivity contribution in [1.82, 2.24) is 0 Å². The first kappa shape index (κ1) is 10.9. The van der Waals surface area contributed by atoms with Crippen LogP contribution < -0.4 is 0 Å². The maximum Gasteiger partial charge on any atom is 0.186 e. The molecule has 0 aliphatic carbocycles. The third kappa shape index (κ3) is 1.70. The van der Waals surface area contributed by atoms with Gasteiger partial charge in [-0.05, 0) is 13.8 Å². The van der Waals surface area contributed by atoms with Gasteiger partial charge in [0.1, 0.15) is 17.8 Å². The van der Waals surface area contributed by atoms with Crippen LogP contribution in [0.2, 0.25) is 0 Å². The summed E-state index contributed by atoms with van der Waals surface area (Å²) in [6.45, 7) is 2.97. The highest BCUT2D eigenvalue weighted by atomic mass is 16.6. The normalized spacial score (nSPS) is 52.2. The minimum atomic E-state index is -1.58. The number of methoxy groups -OCH3 is 1. The monoisotopic (exact) mass is 192 g/mol. The van der Waals surface area contributed by atoms with E-state index in [4.69, 9.17) is 9.47 Å². The van der Waals surface area contributed by atoms with Crippen molar-refractivity contribution < 1.29 is 24.8 Å². The van der Waals surface area contributed by atoms with E-state index in [2.05, 4.69) is 0 Å². The number of hydrogen-bond donors (Lipinski definition) is 3. The van der Waals surface area contributed by atoms with E-state index in [0.29, 0.717) is 0 Å². The van der Waals surface area contributed by atoms with Crippen LogP contribution >= 0.6 is 0 Å². The van der Waals surface area contributed by atoms with Crippen LogP contribution in [0.5, 0.6) is 0 Å². The molecule has 1 aliphatic rings. The molecule has 5 heteroatoms. The number of hydrogen-bond acceptors (Lipinski definition) is 5. The van der Waals surface area contributed by atoms with Gasteiger partial charge < -0.3 is 24.8 Å². The predicted octanol–water partition coefficient (Wildman–Crippen LogP) is -1.15. The molecule has 1 fully saturated rings. The van der Waals surface area contributed by atoms with Crippen molar-refractivity contribution in [2.75, 3.05) is 7.11 Å². The highest BCUT2D eigenvalue weighted by Gasteiger charge is 2.51. The summed E-state index contributed by atoms with van der Waals surface area (Å²) in [4.78, 5) is 0. The van der Waals surface area contributed by atoms with E-state index in [0.717, 1.165) is 0 Å². The van der Waals surface area contributed by atoms with Crippen molar-refractivity contribution in [2.24, 2.45) is 0 Å². The molecule has 13 heavy (non-hydrogen) atoms. The molecule has 0 unspecified atom stereocenters. The zero-order chi connectivity index (χ0) is 10.2. The molecule has 0 aromatic rings. The fourth-order valence-electron chi connectivity index (χ4n) is 1.53. The lowest BCUT2D eigenvalue weighted by Crippen LogP contribution is -2.64. The Kier molecular flexibility index (Phi) is 2.94. The molecule has 5 atom stereocenters. The van der Waals surface area contributed by atoms with Gasteiger partial charge in [-0.2, -0.15) is 0 Å². The van der Waals surface area contributed by atoms with E-state index < -0.39 is 30.2 Å². The third-order valence-electron chi connectivity index (χ3n) is 2.46. The number of aliphatic hydroxyl groups excluding tert-OH is 2. The van der Waals surface area contributed by atoms with Crippen LogP contribution in [0.3, 0.4) is 0 Å². The Balaban J connectivity index is 2.85. The Morgan fingerprint density at radius 2 is 1.92 bits per heavy atom. The Bertz CT molecular complexity index is 181. The Hall–Kier alpha value is -0.200. The second-order valence-corrected chi connectivity index (χ2v) is 3.57. The summed E-state index contributed by atoms with van der Waals surface area (Å²) in [7, 11) is 1.37. The van der Waals surface area contributed by atoms with Crippen molar-refractivity contribution in [1.29, 1.82) is 0 Å². The SMILES string of the molecule is CO[C@H]1[C@H](O)[C@@H](C)O[C@@H](O)[C@]1(C)O. The Morgan fingerprint density at radius 3 is 2.38 bits per heavy atom. The van der Waals surface area contributed by atoms with Gasteiger partial charge in [-0.3, -0.25) is 0 Å². The second kappa shape index (κ2) is 3.51. The molecule has 0 aromatic carbocycles. The molecule has 5 nitrogen and oxygen atoms in total. The molecule has 0 amide bonds. The van der Waals surface area contributed by atoms with Gasteiger partial charge in [0.25, 0.3) is 0 Å². The standard InChI is InChI=1S/C8H16O5/c1-4-5(9)6(12-3)8(2,11)7(10)13-4/h4-7,9-11H,1-3H3/t4-,5-,6+,7-,8-/m1/s1. The molecule has 78 valence electrons. The average molecular weight is 192 g/mol. The van der Waals surface area contributed by atoms with E-state index in [-0.39, 0.29) is 0 Å². The van der Waals surface area contributed by atoms with E-state index in [1.165, 1.54) is 14.0 Å². The Labute approximate surface area is 76.9 Å². The van der Waals surface area contributed by atoms with Gasteiger partial charge in [0.2, 0.25) is 0 Å². The Morgan fingerprint density at radius 1 is 1.38 bits per heavy atom. The number of ether oxygens (including phenoxy) is 2. The molecular weight excluding hydrogens is 176 g/mol. The fraction of sp³-hybridized carbons (Fsp3) is 1.00. The van der Waals surface area contributed by atoms with Gasteiger partial charge in [0.05, 0.1) is 6.10 Å². The smallest absolute Gasteiger partial charge is 0.186 e. The lowest BCUT2D eigenvalue weighted by Gasteiger charge is -2.45. The first-order valence-electron chi connectivity index (χ1n) is 4.18. The molecule has 1 heterocycles. The summed E-state index contributed by atoms with van der Waals surface area (Å²) in [6, 6.07) is 0.